The fourth-order valence-electron chi connectivity index (χ4n) is 1.75. The zero-order valence-corrected chi connectivity index (χ0v) is 10.2. The van der Waals surface area contributed by atoms with Crippen LogP contribution in [0.1, 0.15) is 13.8 Å². The van der Waals surface area contributed by atoms with Crippen molar-refractivity contribution in [1.29, 1.82) is 0 Å². The molecular weight excluding hydrogens is 232 g/mol. The minimum atomic E-state index is -3.24. The molecule has 6 nitrogen and oxygen atoms in total. The van der Waals surface area contributed by atoms with Gasteiger partial charge in [0.05, 0.1) is 25.0 Å². The van der Waals surface area contributed by atoms with Crippen molar-refractivity contribution < 1.29 is 17.9 Å². The number of allylic oxidation sites excluding steroid dienone is 2. The van der Waals surface area contributed by atoms with Crippen LogP contribution in [-0.4, -0.2) is 43.6 Å². The minimum absolute atomic E-state index is 0.0856. The predicted molar refractivity (Wildman–Crippen MR) is 56.7 cm³/mol. The van der Waals surface area contributed by atoms with Crippen molar-refractivity contribution in [3.8, 4) is 0 Å². The summed E-state index contributed by atoms with van der Waals surface area (Å²) in [5.41, 5.74) is -0.347. The molecule has 0 unspecified atom stereocenters. The molecule has 1 spiro atoms. The van der Waals surface area contributed by atoms with Crippen LogP contribution in [-0.2, 0) is 19.6 Å². The molecule has 1 saturated heterocycles. The summed E-state index contributed by atoms with van der Waals surface area (Å²) in [5.74, 6) is 0.364. The van der Waals surface area contributed by atoms with Gasteiger partial charge in [-0.25, -0.2) is 8.42 Å². The lowest BCUT2D eigenvalue weighted by molar-refractivity contribution is -0.158. The highest BCUT2D eigenvalue weighted by Crippen LogP contribution is 2.33. The summed E-state index contributed by atoms with van der Waals surface area (Å²) >= 11 is 0. The van der Waals surface area contributed by atoms with Gasteiger partial charge in [0.25, 0.3) is 5.91 Å². The molecule has 2 heterocycles. The Balaban J connectivity index is 2.18. The quantitative estimate of drug-likeness (QED) is 0.670. The van der Waals surface area contributed by atoms with E-state index in [0.717, 1.165) is 6.26 Å². The number of amides is 1. The van der Waals surface area contributed by atoms with Crippen LogP contribution in [0.2, 0.25) is 0 Å². The van der Waals surface area contributed by atoms with Gasteiger partial charge in [-0.1, -0.05) is 0 Å². The molecule has 2 aliphatic rings. The van der Waals surface area contributed by atoms with Crippen molar-refractivity contribution in [1.82, 2.24) is 9.62 Å². The van der Waals surface area contributed by atoms with Crippen molar-refractivity contribution in [2.45, 2.75) is 19.4 Å². The number of sulfonamides is 1. The van der Waals surface area contributed by atoms with Gasteiger partial charge in [-0.15, -0.1) is 0 Å². The summed E-state index contributed by atoms with van der Waals surface area (Å²) < 4.78 is 29.2. The second-order valence-corrected chi connectivity index (χ2v) is 6.25. The molecule has 0 atom stereocenters. The fourth-order valence-corrected chi connectivity index (χ4v) is 2.64. The standard InChI is InChI=1S/C9H14N2O4S/c1-6-7(2)15-9(8(12)10-6)4-11(5-9)16(3,13)14/h4-5H2,1-3H3,(H,10,12). The topological polar surface area (TPSA) is 75.7 Å². The van der Waals surface area contributed by atoms with Crippen molar-refractivity contribution in [3.63, 3.8) is 0 Å². The first kappa shape index (κ1) is 11.4. The first-order chi connectivity index (χ1) is 7.24. The predicted octanol–water partition coefficient (Wildman–Crippen LogP) is -0.602. The van der Waals surface area contributed by atoms with Crippen LogP contribution < -0.4 is 5.32 Å². The van der Waals surface area contributed by atoms with E-state index in [-0.39, 0.29) is 19.0 Å². The molecule has 0 aliphatic carbocycles. The Morgan fingerprint density at radius 2 is 1.94 bits per heavy atom. The molecule has 1 amide bonds. The summed E-state index contributed by atoms with van der Waals surface area (Å²) in [7, 11) is -3.24. The van der Waals surface area contributed by atoms with Gasteiger partial charge in [0, 0.05) is 0 Å². The van der Waals surface area contributed by atoms with E-state index in [2.05, 4.69) is 5.32 Å². The van der Waals surface area contributed by atoms with E-state index in [1.165, 1.54) is 4.31 Å². The Labute approximate surface area is 94.3 Å². The van der Waals surface area contributed by atoms with Crippen LogP contribution in [0.3, 0.4) is 0 Å². The van der Waals surface area contributed by atoms with Crippen molar-refractivity contribution in [2.75, 3.05) is 19.3 Å². The van der Waals surface area contributed by atoms with Crippen LogP contribution in [0.15, 0.2) is 11.5 Å². The Morgan fingerprint density at radius 1 is 1.38 bits per heavy atom. The summed E-state index contributed by atoms with van der Waals surface area (Å²) in [6.45, 7) is 3.66. The van der Waals surface area contributed by atoms with Crippen LogP contribution in [0, 0.1) is 0 Å². The molecule has 0 aromatic carbocycles. The van der Waals surface area contributed by atoms with E-state index in [4.69, 9.17) is 4.74 Å². The van der Waals surface area contributed by atoms with Gasteiger partial charge in [-0.3, -0.25) is 4.79 Å². The lowest BCUT2D eigenvalue weighted by Crippen LogP contribution is -2.71. The maximum Gasteiger partial charge on any atom is 0.271 e. The first-order valence-electron chi connectivity index (χ1n) is 4.88. The van der Waals surface area contributed by atoms with Gasteiger partial charge < -0.3 is 10.1 Å². The van der Waals surface area contributed by atoms with Gasteiger partial charge in [-0.05, 0) is 13.8 Å². The van der Waals surface area contributed by atoms with E-state index in [1.54, 1.807) is 13.8 Å². The number of carbonyl (C=O) groups is 1. The number of hydrogen-bond acceptors (Lipinski definition) is 4. The number of nitrogens with zero attached hydrogens (tertiary/aromatic N) is 1. The Bertz CT molecular complexity index is 474. The third-order valence-corrected chi connectivity index (χ3v) is 4.12. The summed E-state index contributed by atoms with van der Waals surface area (Å²) in [6, 6.07) is 0. The van der Waals surface area contributed by atoms with Crippen LogP contribution in [0.5, 0.6) is 0 Å². The maximum absolute atomic E-state index is 11.7. The third kappa shape index (κ3) is 1.60. The molecule has 0 radical (unpaired) electrons. The molecule has 16 heavy (non-hydrogen) atoms. The maximum atomic E-state index is 11.7. The summed E-state index contributed by atoms with van der Waals surface area (Å²) in [5, 5.41) is 2.69. The number of hydrogen-bond donors (Lipinski definition) is 1. The van der Waals surface area contributed by atoms with Gasteiger partial charge in [0.2, 0.25) is 15.6 Å². The van der Waals surface area contributed by atoms with Gasteiger partial charge in [0.15, 0.2) is 0 Å². The number of rotatable bonds is 1. The molecular formula is C9H14N2O4S. The average Bonchev–Trinajstić information content (AvgIpc) is 2.05. The number of nitrogens with one attached hydrogen (secondary N) is 1. The van der Waals surface area contributed by atoms with Gasteiger partial charge in [-0.2, -0.15) is 4.31 Å². The number of ether oxygens (including phenoxy) is 1. The van der Waals surface area contributed by atoms with Crippen LogP contribution in [0.4, 0.5) is 0 Å². The van der Waals surface area contributed by atoms with E-state index < -0.39 is 15.6 Å². The normalized spacial score (nSPS) is 25.1. The SMILES string of the molecule is CC1=C(C)OC2(CN(S(C)(=O)=O)C2)C(=O)N1. The largest absolute Gasteiger partial charge is 0.477 e. The summed E-state index contributed by atoms with van der Waals surface area (Å²) in [4.78, 5) is 11.7. The second-order valence-electron chi connectivity index (χ2n) is 4.26. The van der Waals surface area contributed by atoms with Crippen LogP contribution >= 0.6 is 0 Å². The molecule has 0 aromatic heterocycles. The Kier molecular flexibility index (Phi) is 2.29. The van der Waals surface area contributed by atoms with E-state index in [9.17, 15) is 13.2 Å². The highest BCUT2D eigenvalue weighted by atomic mass is 32.2. The lowest BCUT2D eigenvalue weighted by atomic mass is 9.94. The average molecular weight is 246 g/mol. The molecule has 2 rings (SSSR count). The molecule has 90 valence electrons. The highest BCUT2D eigenvalue weighted by molar-refractivity contribution is 7.88. The van der Waals surface area contributed by atoms with E-state index in [0.29, 0.717) is 11.5 Å². The first-order valence-corrected chi connectivity index (χ1v) is 6.72. The summed E-state index contributed by atoms with van der Waals surface area (Å²) in [6.07, 6.45) is 1.12. The van der Waals surface area contributed by atoms with Crippen molar-refractivity contribution in [3.05, 3.63) is 11.5 Å². The molecule has 1 N–H and O–H groups in total. The molecule has 2 aliphatic heterocycles. The fraction of sp³-hybridized carbons (Fsp3) is 0.667. The van der Waals surface area contributed by atoms with Gasteiger partial charge in [0.1, 0.15) is 5.76 Å². The molecule has 0 aromatic rings. The lowest BCUT2D eigenvalue weighted by Gasteiger charge is -2.48. The minimum Gasteiger partial charge on any atom is -0.477 e. The van der Waals surface area contributed by atoms with Gasteiger partial charge >= 0.3 is 0 Å². The molecule has 1 fully saturated rings. The molecule has 0 bridgehead atoms. The number of carbonyl (C=O) groups excluding carboxylic acids is 1. The van der Waals surface area contributed by atoms with Crippen LogP contribution in [0.25, 0.3) is 0 Å². The highest BCUT2D eigenvalue weighted by Gasteiger charge is 2.56. The van der Waals surface area contributed by atoms with Crippen molar-refractivity contribution in [2.24, 2.45) is 0 Å². The van der Waals surface area contributed by atoms with Crippen molar-refractivity contribution >= 4 is 15.9 Å². The second kappa shape index (κ2) is 3.21. The zero-order chi connectivity index (χ0) is 12.1. The third-order valence-electron chi connectivity index (χ3n) is 2.92. The Morgan fingerprint density at radius 3 is 2.44 bits per heavy atom. The monoisotopic (exact) mass is 246 g/mol. The molecule has 7 heteroatoms. The van der Waals surface area contributed by atoms with E-state index in [1.807, 2.05) is 0 Å². The molecule has 0 saturated carbocycles. The van der Waals surface area contributed by atoms with E-state index >= 15 is 0 Å². The zero-order valence-electron chi connectivity index (χ0n) is 9.40. The smallest absolute Gasteiger partial charge is 0.271 e. The Hall–Kier alpha value is -1.08.